The molecule has 0 spiro atoms. The second-order valence-corrected chi connectivity index (χ2v) is 7.23. The first-order valence-corrected chi connectivity index (χ1v) is 8.58. The molecule has 21 heavy (non-hydrogen) atoms. The second kappa shape index (κ2) is 6.32. The average Bonchev–Trinajstić information content (AvgIpc) is 2.42. The van der Waals surface area contributed by atoms with Crippen LogP contribution in [0.4, 0.5) is 15.9 Å². The fraction of sp³-hybridized carbons (Fsp3) is 0.0833. The van der Waals surface area contributed by atoms with Gasteiger partial charge in [-0.25, -0.2) is 17.8 Å². The lowest BCUT2D eigenvalue weighted by Crippen LogP contribution is -2.14. The standard InChI is InChI=1S/C12H10ClFIN3O2S/c1-16-12-9(13)5-8(6-17-12)21(19,20)18-11-3-2-7(14)4-10(11)15/h2-6,18H,1H3,(H,16,17). The highest BCUT2D eigenvalue weighted by molar-refractivity contribution is 14.1. The molecule has 2 aromatic rings. The maximum atomic E-state index is 13.0. The van der Waals surface area contributed by atoms with Crippen LogP contribution in [0.3, 0.4) is 0 Å². The van der Waals surface area contributed by atoms with Crippen LogP contribution in [0, 0.1) is 9.39 Å². The molecule has 9 heteroatoms. The smallest absolute Gasteiger partial charge is 0.263 e. The minimum absolute atomic E-state index is 0.0772. The maximum Gasteiger partial charge on any atom is 0.263 e. The molecule has 0 amide bonds. The van der Waals surface area contributed by atoms with Gasteiger partial charge in [-0.2, -0.15) is 0 Å². The van der Waals surface area contributed by atoms with Gasteiger partial charge in [0.05, 0.1) is 10.7 Å². The molecule has 0 atom stereocenters. The van der Waals surface area contributed by atoms with Crippen LogP contribution in [0.2, 0.25) is 5.02 Å². The molecule has 0 aliphatic heterocycles. The minimum atomic E-state index is -3.85. The van der Waals surface area contributed by atoms with Gasteiger partial charge in [0.15, 0.2) is 0 Å². The minimum Gasteiger partial charge on any atom is -0.372 e. The van der Waals surface area contributed by atoms with E-state index in [2.05, 4.69) is 15.0 Å². The van der Waals surface area contributed by atoms with Crippen molar-refractivity contribution < 1.29 is 12.8 Å². The number of aromatic nitrogens is 1. The summed E-state index contributed by atoms with van der Waals surface area (Å²) in [6.07, 6.45) is 1.19. The number of pyridine rings is 1. The summed E-state index contributed by atoms with van der Waals surface area (Å²) in [5.41, 5.74) is 0.283. The summed E-state index contributed by atoms with van der Waals surface area (Å²) in [5, 5.41) is 2.93. The number of halogens is 3. The van der Waals surface area contributed by atoms with E-state index in [0.29, 0.717) is 9.39 Å². The molecule has 1 aromatic carbocycles. The first-order chi connectivity index (χ1) is 9.83. The average molecular weight is 442 g/mol. The van der Waals surface area contributed by atoms with Gasteiger partial charge in [0.1, 0.15) is 16.5 Å². The van der Waals surface area contributed by atoms with Gasteiger partial charge in [-0.3, -0.25) is 4.72 Å². The Morgan fingerprint density at radius 2 is 2.05 bits per heavy atom. The summed E-state index contributed by atoms with van der Waals surface area (Å²) in [6, 6.07) is 5.05. The Balaban J connectivity index is 2.36. The third kappa shape index (κ3) is 3.74. The van der Waals surface area contributed by atoms with Crippen molar-refractivity contribution in [3.05, 3.63) is 44.9 Å². The molecule has 0 aliphatic rings. The second-order valence-electron chi connectivity index (χ2n) is 3.98. The highest BCUT2D eigenvalue weighted by atomic mass is 127. The fourth-order valence-electron chi connectivity index (χ4n) is 1.53. The summed E-state index contributed by atoms with van der Waals surface area (Å²) in [6.45, 7) is 0. The molecule has 5 nitrogen and oxygen atoms in total. The van der Waals surface area contributed by atoms with E-state index in [9.17, 15) is 12.8 Å². The normalized spacial score (nSPS) is 11.2. The van der Waals surface area contributed by atoms with Crippen LogP contribution in [0.25, 0.3) is 0 Å². The van der Waals surface area contributed by atoms with Gasteiger partial charge in [0.25, 0.3) is 10.0 Å². The van der Waals surface area contributed by atoms with Crippen molar-refractivity contribution in [2.75, 3.05) is 17.1 Å². The number of anilines is 2. The van der Waals surface area contributed by atoms with E-state index in [-0.39, 0.29) is 15.6 Å². The summed E-state index contributed by atoms with van der Waals surface area (Å²) in [5.74, 6) is -0.0580. The summed E-state index contributed by atoms with van der Waals surface area (Å²) >= 11 is 7.77. The van der Waals surface area contributed by atoms with Gasteiger partial charge >= 0.3 is 0 Å². The number of benzene rings is 1. The zero-order valence-corrected chi connectivity index (χ0v) is 14.4. The Kier molecular flexibility index (Phi) is 4.89. The van der Waals surface area contributed by atoms with Crippen molar-refractivity contribution in [3.8, 4) is 0 Å². The molecule has 0 saturated heterocycles. The van der Waals surface area contributed by atoms with E-state index in [4.69, 9.17) is 11.6 Å². The molecule has 0 aliphatic carbocycles. The van der Waals surface area contributed by atoms with E-state index < -0.39 is 15.8 Å². The third-order valence-electron chi connectivity index (χ3n) is 2.54. The van der Waals surface area contributed by atoms with Crippen LogP contribution in [0.5, 0.6) is 0 Å². The van der Waals surface area contributed by atoms with Crippen LogP contribution in [0.1, 0.15) is 0 Å². The van der Waals surface area contributed by atoms with Crippen molar-refractivity contribution in [2.24, 2.45) is 0 Å². The molecule has 2 rings (SSSR count). The Bertz CT molecular complexity index is 786. The zero-order valence-electron chi connectivity index (χ0n) is 10.7. The molecule has 1 aromatic heterocycles. The van der Waals surface area contributed by atoms with Crippen LogP contribution in [-0.2, 0) is 10.0 Å². The number of sulfonamides is 1. The monoisotopic (exact) mass is 441 g/mol. The molecule has 0 saturated carbocycles. The molecule has 0 radical (unpaired) electrons. The predicted octanol–water partition coefficient (Wildman–Crippen LogP) is 3.32. The fourth-order valence-corrected chi connectivity index (χ4v) is 3.70. The van der Waals surface area contributed by atoms with Gasteiger partial charge in [0, 0.05) is 16.8 Å². The van der Waals surface area contributed by atoms with Gasteiger partial charge < -0.3 is 5.32 Å². The largest absolute Gasteiger partial charge is 0.372 e. The summed E-state index contributed by atoms with van der Waals surface area (Å²) in [4.78, 5) is 3.84. The van der Waals surface area contributed by atoms with Gasteiger partial charge in [-0.15, -0.1) is 0 Å². The van der Waals surface area contributed by atoms with Gasteiger partial charge in [-0.05, 0) is 46.9 Å². The highest BCUT2D eigenvalue weighted by Crippen LogP contribution is 2.25. The molecular formula is C12H10ClFIN3O2S. The van der Waals surface area contributed by atoms with E-state index in [1.165, 1.54) is 30.5 Å². The van der Waals surface area contributed by atoms with Crippen molar-refractivity contribution in [1.29, 1.82) is 0 Å². The van der Waals surface area contributed by atoms with Crippen LogP contribution in [-0.4, -0.2) is 20.4 Å². The van der Waals surface area contributed by atoms with Gasteiger partial charge in [0.2, 0.25) is 0 Å². The van der Waals surface area contributed by atoms with Gasteiger partial charge in [-0.1, -0.05) is 11.6 Å². The Morgan fingerprint density at radius 1 is 1.33 bits per heavy atom. The third-order valence-corrected chi connectivity index (χ3v) is 5.05. The quantitative estimate of drug-likeness (QED) is 0.714. The van der Waals surface area contributed by atoms with Crippen molar-refractivity contribution in [2.45, 2.75) is 4.90 Å². The lowest BCUT2D eigenvalue weighted by Gasteiger charge is -2.11. The topological polar surface area (TPSA) is 71.1 Å². The molecule has 112 valence electrons. The van der Waals surface area contributed by atoms with Crippen molar-refractivity contribution in [1.82, 2.24) is 4.98 Å². The SMILES string of the molecule is CNc1ncc(S(=O)(=O)Nc2ccc(F)cc2I)cc1Cl. The number of hydrogen-bond donors (Lipinski definition) is 2. The predicted molar refractivity (Wildman–Crippen MR) is 88.7 cm³/mol. The van der Waals surface area contributed by atoms with E-state index >= 15 is 0 Å². The molecular weight excluding hydrogens is 432 g/mol. The van der Waals surface area contributed by atoms with E-state index in [0.717, 1.165) is 0 Å². The summed E-state index contributed by atoms with van der Waals surface area (Å²) in [7, 11) is -2.22. The maximum absolute atomic E-state index is 13.0. The number of nitrogens with zero attached hydrogens (tertiary/aromatic N) is 1. The number of rotatable bonds is 4. The molecule has 0 unspecified atom stereocenters. The Morgan fingerprint density at radius 3 is 2.62 bits per heavy atom. The lowest BCUT2D eigenvalue weighted by atomic mass is 10.3. The lowest BCUT2D eigenvalue weighted by molar-refractivity contribution is 0.600. The zero-order chi connectivity index (χ0) is 15.6. The van der Waals surface area contributed by atoms with Crippen LogP contribution >= 0.6 is 34.2 Å². The molecule has 0 fully saturated rings. The molecule has 2 N–H and O–H groups in total. The van der Waals surface area contributed by atoms with Crippen LogP contribution in [0.15, 0.2) is 35.4 Å². The highest BCUT2D eigenvalue weighted by Gasteiger charge is 2.18. The van der Waals surface area contributed by atoms with E-state index in [1.807, 2.05) is 22.6 Å². The Labute approximate surface area is 140 Å². The number of hydrogen-bond acceptors (Lipinski definition) is 4. The summed E-state index contributed by atoms with van der Waals surface area (Å²) < 4.78 is 40.4. The van der Waals surface area contributed by atoms with Crippen molar-refractivity contribution >= 4 is 55.7 Å². The van der Waals surface area contributed by atoms with Crippen molar-refractivity contribution in [3.63, 3.8) is 0 Å². The van der Waals surface area contributed by atoms with Crippen LogP contribution < -0.4 is 10.0 Å². The molecule has 1 heterocycles. The first-order valence-electron chi connectivity index (χ1n) is 5.64. The van der Waals surface area contributed by atoms with E-state index in [1.54, 1.807) is 7.05 Å². The number of nitrogens with one attached hydrogen (secondary N) is 2. The first kappa shape index (κ1) is 16.2. The molecule has 0 bridgehead atoms. The Hall–Kier alpha value is -1.13.